The first kappa shape index (κ1) is 19.0. The van der Waals surface area contributed by atoms with Gasteiger partial charge in [-0.3, -0.25) is 14.6 Å². The third-order valence-electron chi connectivity index (χ3n) is 4.95. The number of nitrogens with one attached hydrogen (secondary N) is 1. The molecule has 0 saturated carbocycles. The molecule has 3 rings (SSSR count). The SMILES string of the molecule is CC(=O)NC(c1ccccn1)C1CCCN(C(=O)Cc2ccccc2F)C1. The molecule has 2 aromatic rings. The van der Waals surface area contributed by atoms with E-state index >= 15 is 0 Å². The predicted octanol–water partition coefficient (Wildman–Crippen LogP) is 2.88. The lowest BCUT2D eigenvalue weighted by atomic mass is 9.88. The topological polar surface area (TPSA) is 62.3 Å². The maximum absolute atomic E-state index is 13.9. The molecule has 27 heavy (non-hydrogen) atoms. The normalized spacial score (nSPS) is 18.0. The van der Waals surface area contributed by atoms with E-state index in [1.54, 1.807) is 29.3 Å². The standard InChI is InChI=1S/C21H24FN3O2/c1-15(26)24-21(19-10-4-5-11-23-19)17-8-6-12-25(14-17)20(27)13-16-7-2-3-9-18(16)22/h2-5,7,9-11,17,21H,6,8,12-14H2,1H3,(H,24,26). The van der Waals surface area contributed by atoms with Crippen molar-refractivity contribution in [3.8, 4) is 0 Å². The number of carbonyl (C=O) groups excluding carboxylic acids is 2. The van der Waals surface area contributed by atoms with Gasteiger partial charge in [0, 0.05) is 32.1 Å². The van der Waals surface area contributed by atoms with Crippen molar-refractivity contribution >= 4 is 11.8 Å². The van der Waals surface area contributed by atoms with Gasteiger partial charge in [0.25, 0.3) is 0 Å². The highest BCUT2D eigenvalue weighted by Gasteiger charge is 2.31. The van der Waals surface area contributed by atoms with Crippen LogP contribution in [0.3, 0.4) is 0 Å². The lowest BCUT2D eigenvalue weighted by molar-refractivity contribution is -0.132. The first-order valence-corrected chi connectivity index (χ1v) is 9.24. The summed E-state index contributed by atoms with van der Waals surface area (Å²) in [5, 5.41) is 2.98. The van der Waals surface area contributed by atoms with Crippen LogP contribution in [0.1, 0.15) is 37.1 Å². The van der Waals surface area contributed by atoms with E-state index in [9.17, 15) is 14.0 Å². The molecule has 2 amide bonds. The Morgan fingerprint density at radius 1 is 1.26 bits per heavy atom. The van der Waals surface area contributed by atoms with E-state index in [1.807, 2.05) is 18.2 Å². The molecule has 0 spiro atoms. The minimum Gasteiger partial charge on any atom is -0.348 e. The summed E-state index contributed by atoms with van der Waals surface area (Å²) in [6, 6.07) is 11.7. The van der Waals surface area contributed by atoms with E-state index in [0.717, 1.165) is 18.5 Å². The molecular formula is C21H24FN3O2. The number of likely N-dealkylation sites (tertiary alicyclic amines) is 1. The molecule has 1 aromatic carbocycles. The van der Waals surface area contributed by atoms with E-state index in [4.69, 9.17) is 0 Å². The lowest BCUT2D eigenvalue weighted by Crippen LogP contribution is -2.45. The molecule has 1 N–H and O–H groups in total. The quantitative estimate of drug-likeness (QED) is 0.882. The van der Waals surface area contributed by atoms with Crippen LogP contribution in [0, 0.1) is 11.7 Å². The summed E-state index contributed by atoms with van der Waals surface area (Å²) in [5.74, 6) is -0.501. The maximum Gasteiger partial charge on any atom is 0.227 e. The average molecular weight is 369 g/mol. The van der Waals surface area contributed by atoms with E-state index in [-0.39, 0.29) is 36.0 Å². The molecule has 1 aromatic heterocycles. The monoisotopic (exact) mass is 369 g/mol. The Hall–Kier alpha value is -2.76. The minimum atomic E-state index is -0.357. The first-order chi connectivity index (χ1) is 13.0. The van der Waals surface area contributed by atoms with Gasteiger partial charge in [-0.05, 0) is 36.6 Å². The van der Waals surface area contributed by atoms with Crippen LogP contribution >= 0.6 is 0 Å². The molecule has 5 nitrogen and oxygen atoms in total. The minimum absolute atomic E-state index is 0.0494. The molecule has 142 valence electrons. The number of benzene rings is 1. The molecule has 1 saturated heterocycles. The van der Waals surface area contributed by atoms with Gasteiger partial charge in [0.2, 0.25) is 11.8 Å². The lowest BCUT2D eigenvalue weighted by Gasteiger charge is -2.37. The number of pyridine rings is 1. The van der Waals surface area contributed by atoms with E-state index in [2.05, 4.69) is 10.3 Å². The number of piperidine rings is 1. The third kappa shape index (κ3) is 4.90. The van der Waals surface area contributed by atoms with Gasteiger partial charge in [-0.15, -0.1) is 0 Å². The average Bonchev–Trinajstić information content (AvgIpc) is 2.68. The van der Waals surface area contributed by atoms with Gasteiger partial charge in [0.05, 0.1) is 18.2 Å². The first-order valence-electron chi connectivity index (χ1n) is 9.24. The maximum atomic E-state index is 13.9. The number of hydrogen-bond donors (Lipinski definition) is 1. The second kappa shape index (κ2) is 8.75. The number of amides is 2. The fraction of sp³-hybridized carbons (Fsp3) is 0.381. The number of nitrogens with zero attached hydrogens (tertiary/aromatic N) is 2. The Morgan fingerprint density at radius 2 is 2.04 bits per heavy atom. The molecule has 6 heteroatoms. The highest BCUT2D eigenvalue weighted by molar-refractivity contribution is 5.79. The van der Waals surface area contributed by atoms with Crippen molar-refractivity contribution in [2.45, 2.75) is 32.2 Å². The largest absolute Gasteiger partial charge is 0.348 e. The summed E-state index contributed by atoms with van der Waals surface area (Å²) in [6.45, 7) is 2.66. The molecule has 0 radical (unpaired) electrons. The van der Waals surface area contributed by atoms with Crippen molar-refractivity contribution in [1.82, 2.24) is 15.2 Å². The summed E-state index contributed by atoms with van der Waals surface area (Å²) >= 11 is 0. The highest BCUT2D eigenvalue weighted by Crippen LogP contribution is 2.29. The van der Waals surface area contributed by atoms with Crippen LogP contribution in [0.25, 0.3) is 0 Å². The summed E-state index contributed by atoms with van der Waals surface area (Å²) in [6.07, 6.45) is 3.49. The van der Waals surface area contributed by atoms with Gasteiger partial charge in [-0.25, -0.2) is 4.39 Å². The molecular weight excluding hydrogens is 345 g/mol. The zero-order valence-electron chi connectivity index (χ0n) is 15.4. The molecule has 1 aliphatic rings. The number of rotatable bonds is 5. The van der Waals surface area contributed by atoms with Crippen LogP contribution in [0.2, 0.25) is 0 Å². The van der Waals surface area contributed by atoms with Gasteiger partial charge < -0.3 is 10.2 Å². The summed E-state index contributed by atoms with van der Waals surface area (Å²) in [5.41, 5.74) is 1.20. The molecule has 2 heterocycles. The van der Waals surface area contributed by atoms with Crippen molar-refractivity contribution in [3.63, 3.8) is 0 Å². The van der Waals surface area contributed by atoms with Crippen molar-refractivity contribution < 1.29 is 14.0 Å². The highest BCUT2D eigenvalue weighted by atomic mass is 19.1. The number of halogens is 1. The van der Waals surface area contributed by atoms with Crippen LogP contribution in [0.4, 0.5) is 4.39 Å². The van der Waals surface area contributed by atoms with Crippen molar-refractivity contribution in [1.29, 1.82) is 0 Å². The van der Waals surface area contributed by atoms with E-state index in [1.165, 1.54) is 13.0 Å². The van der Waals surface area contributed by atoms with E-state index < -0.39 is 0 Å². The van der Waals surface area contributed by atoms with Crippen LogP contribution in [-0.2, 0) is 16.0 Å². The third-order valence-corrected chi connectivity index (χ3v) is 4.95. The number of aromatic nitrogens is 1. The van der Waals surface area contributed by atoms with Crippen LogP contribution in [-0.4, -0.2) is 34.8 Å². The molecule has 0 aliphatic carbocycles. The Morgan fingerprint density at radius 3 is 2.74 bits per heavy atom. The summed E-state index contributed by atoms with van der Waals surface area (Å²) in [4.78, 5) is 30.6. The van der Waals surface area contributed by atoms with Crippen molar-refractivity contribution in [2.24, 2.45) is 5.92 Å². The fourth-order valence-corrected chi connectivity index (χ4v) is 3.64. The number of carbonyl (C=O) groups is 2. The zero-order valence-corrected chi connectivity index (χ0v) is 15.4. The Balaban J connectivity index is 1.72. The number of hydrogen-bond acceptors (Lipinski definition) is 3. The fourth-order valence-electron chi connectivity index (χ4n) is 3.64. The van der Waals surface area contributed by atoms with Crippen LogP contribution in [0.5, 0.6) is 0 Å². The molecule has 0 bridgehead atoms. The van der Waals surface area contributed by atoms with Crippen LogP contribution < -0.4 is 5.32 Å². The van der Waals surface area contributed by atoms with Gasteiger partial charge in [-0.1, -0.05) is 24.3 Å². The van der Waals surface area contributed by atoms with Gasteiger partial charge >= 0.3 is 0 Å². The Bertz CT molecular complexity index is 797. The molecule has 1 fully saturated rings. The van der Waals surface area contributed by atoms with Gasteiger partial charge in [0.15, 0.2) is 0 Å². The summed E-state index contributed by atoms with van der Waals surface area (Å²) in [7, 11) is 0. The van der Waals surface area contributed by atoms with E-state index in [0.29, 0.717) is 18.7 Å². The summed E-state index contributed by atoms with van der Waals surface area (Å²) < 4.78 is 13.9. The van der Waals surface area contributed by atoms with Gasteiger partial charge in [-0.2, -0.15) is 0 Å². The second-order valence-corrected chi connectivity index (χ2v) is 6.94. The van der Waals surface area contributed by atoms with Crippen molar-refractivity contribution in [3.05, 3.63) is 65.7 Å². The van der Waals surface area contributed by atoms with Crippen LogP contribution in [0.15, 0.2) is 48.7 Å². The second-order valence-electron chi connectivity index (χ2n) is 6.94. The molecule has 1 aliphatic heterocycles. The van der Waals surface area contributed by atoms with Crippen molar-refractivity contribution in [2.75, 3.05) is 13.1 Å². The Kier molecular flexibility index (Phi) is 6.16. The van der Waals surface area contributed by atoms with Gasteiger partial charge in [0.1, 0.15) is 5.82 Å². The predicted molar refractivity (Wildman–Crippen MR) is 100 cm³/mol. The Labute approximate surface area is 158 Å². The molecule has 2 atom stereocenters. The smallest absolute Gasteiger partial charge is 0.227 e. The zero-order chi connectivity index (χ0) is 19.2. The molecule has 2 unspecified atom stereocenters.